The maximum absolute atomic E-state index is 12.0. The third kappa shape index (κ3) is 2.78. The van der Waals surface area contributed by atoms with Gasteiger partial charge in [0.1, 0.15) is 0 Å². The van der Waals surface area contributed by atoms with Crippen molar-refractivity contribution in [1.82, 2.24) is 10.2 Å². The minimum Gasteiger partial charge on any atom is -0.336 e. The molecule has 2 saturated heterocycles. The third-order valence-electron chi connectivity index (χ3n) is 4.45. The fourth-order valence-corrected chi connectivity index (χ4v) is 3.06. The van der Waals surface area contributed by atoms with E-state index in [1.165, 1.54) is 10.5 Å². The number of carbonyl (C=O) groups is 2. The second-order valence-corrected chi connectivity index (χ2v) is 5.80. The largest absolute Gasteiger partial charge is 0.336 e. The molecule has 0 saturated carbocycles. The number of benzene rings is 1. The van der Waals surface area contributed by atoms with E-state index in [9.17, 15) is 9.59 Å². The summed E-state index contributed by atoms with van der Waals surface area (Å²) < 4.78 is 0. The molecule has 2 heterocycles. The molecule has 0 atom stereocenters. The second-order valence-electron chi connectivity index (χ2n) is 5.80. The summed E-state index contributed by atoms with van der Waals surface area (Å²) in [4.78, 5) is 26.9. The number of nitrogens with one attached hydrogen (secondary N) is 1. The average Bonchev–Trinajstić information content (AvgIpc) is 2.54. The van der Waals surface area contributed by atoms with Crippen LogP contribution in [0.3, 0.4) is 0 Å². The van der Waals surface area contributed by atoms with E-state index in [-0.39, 0.29) is 0 Å². The number of piperidine rings is 1. The van der Waals surface area contributed by atoms with Crippen molar-refractivity contribution in [3.8, 4) is 0 Å². The highest BCUT2D eigenvalue weighted by molar-refractivity contribution is 6.40. The monoisotopic (exact) mass is 287 g/mol. The number of carbonyl (C=O) groups excluding carboxylic acids is 2. The Morgan fingerprint density at radius 2 is 1.67 bits per heavy atom. The first kappa shape index (κ1) is 14.1. The Hall–Kier alpha value is -1.88. The lowest BCUT2D eigenvalue weighted by Gasteiger charge is -2.31. The van der Waals surface area contributed by atoms with Crippen molar-refractivity contribution in [2.24, 2.45) is 0 Å². The van der Waals surface area contributed by atoms with Gasteiger partial charge in [0.05, 0.1) is 0 Å². The Morgan fingerprint density at radius 1 is 1.00 bits per heavy atom. The van der Waals surface area contributed by atoms with Crippen LogP contribution in [0.15, 0.2) is 24.3 Å². The van der Waals surface area contributed by atoms with Crippen molar-refractivity contribution in [2.75, 3.05) is 38.1 Å². The maximum atomic E-state index is 12.0. The lowest BCUT2D eigenvalue weighted by molar-refractivity contribution is -0.145. The van der Waals surface area contributed by atoms with E-state index in [1.54, 1.807) is 11.9 Å². The van der Waals surface area contributed by atoms with Crippen molar-refractivity contribution >= 4 is 17.5 Å². The van der Waals surface area contributed by atoms with Gasteiger partial charge in [0.15, 0.2) is 0 Å². The van der Waals surface area contributed by atoms with Gasteiger partial charge in [-0.3, -0.25) is 9.59 Å². The van der Waals surface area contributed by atoms with E-state index in [4.69, 9.17) is 0 Å². The minimum absolute atomic E-state index is 0.427. The molecule has 0 unspecified atom stereocenters. The summed E-state index contributed by atoms with van der Waals surface area (Å²) >= 11 is 0. The average molecular weight is 287 g/mol. The molecular formula is C16H21N3O2. The zero-order valence-electron chi connectivity index (χ0n) is 12.3. The Bertz CT molecular complexity index is 535. The molecule has 21 heavy (non-hydrogen) atoms. The Balaban J connectivity index is 1.74. The normalized spacial score (nSPS) is 21.0. The molecule has 112 valence electrons. The van der Waals surface area contributed by atoms with Gasteiger partial charge in [0.2, 0.25) is 0 Å². The van der Waals surface area contributed by atoms with Crippen LogP contribution in [0.5, 0.6) is 0 Å². The zero-order chi connectivity index (χ0) is 14.8. The molecule has 2 aliphatic rings. The summed E-state index contributed by atoms with van der Waals surface area (Å²) in [5, 5.41) is 3.37. The summed E-state index contributed by atoms with van der Waals surface area (Å²) in [5.41, 5.74) is 2.15. The highest BCUT2D eigenvalue weighted by atomic mass is 16.2. The summed E-state index contributed by atoms with van der Waals surface area (Å²) in [6.45, 7) is 3.28. The van der Waals surface area contributed by atoms with Crippen molar-refractivity contribution < 1.29 is 9.59 Å². The molecule has 5 nitrogen and oxygen atoms in total. The predicted octanol–water partition coefficient (Wildman–Crippen LogP) is 0.959. The van der Waals surface area contributed by atoms with E-state index < -0.39 is 11.8 Å². The van der Waals surface area contributed by atoms with E-state index in [0.29, 0.717) is 19.0 Å². The Morgan fingerprint density at radius 3 is 2.33 bits per heavy atom. The molecule has 0 aromatic heterocycles. The molecule has 1 aromatic rings. The fourth-order valence-electron chi connectivity index (χ4n) is 3.06. The summed E-state index contributed by atoms with van der Waals surface area (Å²) in [6.07, 6.45) is 2.32. The van der Waals surface area contributed by atoms with Crippen molar-refractivity contribution in [2.45, 2.75) is 18.8 Å². The fraction of sp³-hybridized carbons (Fsp3) is 0.500. The lowest BCUT2D eigenvalue weighted by Crippen LogP contribution is -2.53. The van der Waals surface area contributed by atoms with Crippen LogP contribution in [0, 0.1) is 0 Å². The molecule has 0 spiro atoms. The van der Waals surface area contributed by atoms with Gasteiger partial charge in [0.25, 0.3) is 0 Å². The zero-order valence-corrected chi connectivity index (χ0v) is 12.3. The third-order valence-corrected chi connectivity index (χ3v) is 4.45. The van der Waals surface area contributed by atoms with Crippen molar-refractivity contribution in [3.63, 3.8) is 0 Å². The molecule has 0 radical (unpaired) electrons. The van der Waals surface area contributed by atoms with Crippen LogP contribution < -0.4 is 10.2 Å². The molecular weight excluding hydrogens is 266 g/mol. The number of anilines is 1. The van der Waals surface area contributed by atoms with Crippen LogP contribution >= 0.6 is 0 Å². The van der Waals surface area contributed by atoms with Gasteiger partial charge in [-0.05, 0) is 49.5 Å². The van der Waals surface area contributed by atoms with Crippen LogP contribution in [-0.2, 0) is 9.59 Å². The molecule has 2 amide bonds. The van der Waals surface area contributed by atoms with Gasteiger partial charge in [-0.2, -0.15) is 0 Å². The highest BCUT2D eigenvalue weighted by Crippen LogP contribution is 2.27. The predicted molar refractivity (Wildman–Crippen MR) is 81.3 cm³/mol. The number of likely N-dealkylation sites (N-methyl/N-ethyl adjacent to an activating group) is 1. The first-order valence-corrected chi connectivity index (χ1v) is 7.54. The number of amides is 2. The van der Waals surface area contributed by atoms with Crippen LogP contribution in [0.1, 0.15) is 24.3 Å². The lowest BCUT2D eigenvalue weighted by atomic mass is 9.90. The first-order chi connectivity index (χ1) is 10.2. The first-order valence-electron chi connectivity index (χ1n) is 7.54. The van der Waals surface area contributed by atoms with Gasteiger partial charge in [0, 0.05) is 25.8 Å². The maximum Gasteiger partial charge on any atom is 0.316 e. The minimum atomic E-state index is -0.432. The van der Waals surface area contributed by atoms with E-state index >= 15 is 0 Å². The summed E-state index contributed by atoms with van der Waals surface area (Å²) in [6, 6.07) is 8.13. The van der Waals surface area contributed by atoms with E-state index in [2.05, 4.69) is 17.4 Å². The number of hydrogen-bond donors (Lipinski definition) is 1. The van der Waals surface area contributed by atoms with E-state index in [1.807, 2.05) is 12.1 Å². The van der Waals surface area contributed by atoms with Gasteiger partial charge >= 0.3 is 11.8 Å². The topological polar surface area (TPSA) is 52.6 Å². The van der Waals surface area contributed by atoms with Gasteiger partial charge in [-0.1, -0.05) is 12.1 Å². The van der Waals surface area contributed by atoms with Crippen molar-refractivity contribution in [3.05, 3.63) is 29.8 Å². The number of hydrogen-bond acceptors (Lipinski definition) is 3. The van der Waals surface area contributed by atoms with Crippen LogP contribution in [0.4, 0.5) is 5.69 Å². The second kappa shape index (κ2) is 5.85. The van der Waals surface area contributed by atoms with Crippen molar-refractivity contribution in [1.29, 1.82) is 0 Å². The summed E-state index contributed by atoms with van der Waals surface area (Å²) in [7, 11) is 1.66. The summed E-state index contributed by atoms with van der Waals surface area (Å²) in [5.74, 6) is -0.257. The standard InChI is InChI=1S/C16H21N3O2/c1-18-10-11-19(16(21)15(18)20)14-4-2-12(3-5-14)13-6-8-17-9-7-13/h2-5,13,17H,6-11H2,1H3. The van der Waals surface area contributed by atoms with Gasteiger partial charge in [-0.15, -0.1) is 0 Å². The molecule has 0 aliphatic carbocycles. The smallest absolute Gasteiger partial charge is 0.316 e. The van der Waals surface area contributed by atoms with Crippen LogP contribution in [0.2, 0.25) is 0 Å². The molecule has 1 N–H and O–H groups in total. The number of piperazine rings is 1. The van der Waals surface area contributed by atoms with Crippen LogP contribution in [0.25, 0.3) is 0 Å². The van der Waals surface area contributed by atoms with Gasteiger partial charge < -0.3 is 15.1 Å². The number of nitrogens with zero attached hydrogens (tertiary/aromatic N) is 2. The Labute approximate surface area is 124 Å². The molecule has 2 aliphatic heterocycles. The van der Waals surface area contributed by atoms with Gasteiger partial charge in [-0.25, -0.2) is 0 Å². The Kier molecular flexibility index (Phi) is 3.92. The molecule has 2 fully saturated rings. The highest BCUT2D eigenvalue weighted by Gasteiger charge is 2.31. The molecule has 5 heteroatoms. The molecule has 1 aromatic carbocycles. The quantitative estimate of drug-likeness (QED) is 0.824. The van der Waals surface area contributed by atoms with Crippen LogP contribution in [-0.4, -0.2) is 49.9 Å². The SMILES string of the molecule is CN1CCN(c2ccc(C3CCNCC3)cc2)C(=O)C1=O. The molecule has 3 rings (SSSR count). The van der Waals surface area contributed by atoms with E-state index in [0.717, 1.165) is 31.6 Å². The number of rotatable bonds is 2. The molecule has 0 bridgehead atoms.